The quantitative estimate of drug-likeness (QED) is 0.918. The Labute approximate surface area is 142 Å². The van der Waals surface area contributed by atoms with Crippen molar-refractivity contribution in [3.05, 3.63) is 65.7 Å². The van der Waals surface area contributed by atoms with Gasteiger partial charge in [0.15, 0.2) is 0 Å². The van der Waals surface area contributed by atoms with Gasteiger partial charge in [-0.2, -0.15) is 0 Å². The van der Waals surface area contributed by atoms with Crippen molar-refractivity contribution in [2.24, 2.45) is 0 Å². The summed E-state index contributed by atoms with van der Waals surface area (Å²) in [6.45, 7) is 2.08. The summed E-state index contributed by atoms with van der Waals surface area (Å²) in [5.74, 6) is 0.691. The highest BCUT2D eigenvalue weighted by Gasteiger charge is 2.34. The zero-order valence-electron chi connectivity index (χ0n) is 14.0. The van der Waals surface area contributed by atoms with Crippen molar-refractivity contribution in [1.29, 1.82) is 0 Å². The fourth-order valence-electron chi connectivity index (χ4n) is 3.22. The van der Waals surface area contributed by atoms with E-state index in [4.69, 9.17) is 9.47 Å². The topological polar surface area (TPSA) is 47.6 Å². The summed E-state index contributed by atoms with van der Waals surface area (Å²) in [5.41, 5.74) is 1.86. The molecule has 2 aromatic rings. The highest BCUT2D eigenvalue weighted by Crippen LogP contribution is 2.34. The summed E-state index contributed by atoms with van der Waals surface area (Å²) in [5, 5.41) is 3.11. The number of methoxy groups -OCH3 is 1. The van der Waals surface area contributed by atoms with E-state index in [1.54, 1.807) is 31.4 Å². The van der Waals surface area contributed by atoms with Crippen LogP contribution >= 0.6 is 0 Å². The molecule has 1 heterocycles. The third-order valence-electron chi connectivity index (χ3n) is 4.78. The molecule has 0 spiro atoms. The Morgan fingerprint density at radius 2 is 1.75 bits per heavy atom. The minimum absolute atomic E-state index is 0.0539. The smallest absolute Gasteiger partial charge is 0.251 e. The Morgan fingerprint density at radius 1 is 1.08 bits per heavy atom. The molecule has 24 heavy (non-hydrogen) atoms. The number of carbonyl (C=O) groups is 1. The molecule has 3 rings (SSSR count). The molecule has 1 fully saturated rings. The van der Waals surface area contributed by atoms with Crippen LogP contribution in [-0.4, -0.2) is 32.8 Å². The van der Waals surface area contributed by atoms with Gasteiger partial charge in [0.2, 0.25) is 0 Å². The van der Waals surface area contributed by atoms with E-state index in [0.29, 0.717) is 12.1 Å². The molecule has 0 aromatic heterocycles. The first-order valence-electron chi connectivity index (χ1n) is 8.29. The molecular weight excluding hydrogens is 302 g/mol. The third-order valence-corrected chi connectivity index (χ3v) is 4.78. The standard InChI is InChI=1S/C20H23NO3/c1-23-18-9-7-16(8-10-18)19(22)21-15-20(11-13-24-14-12-20)17-5-3-2-4-6-17/h2-10H,11-15H2,1H3,(H,21,22). The molecule has 1 amide bonds. The number of hydrogen-bond donors (Lipinski definition) is 1. The van der Waals surface area contributed by atoms with Gasteiger partial charge in [-0.15, -0.1) is 0 Å². The molecule has 0 saturated carbocycles. The first-order valence-corrected chi connectivity index (χ1v) is 8.29. The Bertz CT molecular complexity index is 661. The van der Waals surface area contributed by atoms with E-state index in [9.17, 15) is 4.79 Å². The van der Waals surface area contributed by atoms with Gasteiger partial charge in [0, 0.05) is 30.7 Å². The lowest BCUT2D eigenvalue weighted by molar-refractivity contribution is 0.0487. The van der Waals surface area contributed by atoms with Gasteiger partial charge in [-0.3, -0.25) is 4.79 Å². The van der Waals surface area contributed by atoms with Crippen LogP contribution in [0.2, 0.25) is 0 Å². The van der Waals surface area contributed by atoms with Crippen molar-refractivity contribution < 1.29 is 14.3 Å². The number of benzene rings is 2. The molecule has 4 nitrogen and oxygen atoms in total. The third kappa shape index (κ3) is 3.60. The Balaban J connectivity index is 1.72. The molecule has 1 aliphatic rings. The molecule has 0 atom stereocenters. The number of nitrogens with one attached hydrogen (secondary N) is 1. The number of rotatable bonds is 5. The van der Waals surface area contributed by atoms with E-state index < -0.39 is 0 Å². The monoisotopic (exact) mass is 325 g/mol. The summed E-state index contributed by atoms with van der Waals surface area (Å²) in [7, 11) is 1.61. The zero-order valence-corrected chi connectivity index (χ0v) is 14.0. The SMILES string of the molecule is COc1ccc(C(=O)NCC2(c3ccccc3)CCOCC2)cc1. The molecule has 1 saturated heterocycles. The van der Waals surface area contributed by atoms with E-state index >= 15 is 0 Å². The van der Waals surface area contributed by atoms with Crippen LogP contribution in [0.4, 0.5) is 0 Å². The number of carbonyl (C=O) groups excluding carboxylic acids is 1. The van der Waals surface area contributed by atoms with Crippen molar-refractivity contribution in [2.45, 2.75) is 18.3 Å². The van der Waals surface area contributed by atoms with Gasteiger partial charge in [-0.1, -0.05) is 30.3 Å². The summed E-state index contributed by atoms with van der Waals surface area (Å²) >= 11 is 0. The number of ether oxygens (including phenoxy) is 2. The van der Waals surface area contributed by atoms with Gasteiger partial charge in [-0.25, -0.2) is 0 Å². The van der Waals surface area contributed by atoms with Crippen LogP contribution in [0, 0.1) is 0 Å². The van der Waals surface area contributed by atoms with Crippen LogP contribution < -0.4 is 10.1 Å². The molecule has 4 heteroatoms. The van der Waals surface area contributed by atoms with Crippen molar-refractivity contribution >= 4 is 5.91 Å². The van der Waals surface area contributed by atoms with Gasteiger partial charge in [-0.05, 0) is 42.7 Å². The van der Waals surface area contributed by atoms with Crippen LogP contribution in [0.15, 0.2) is 54.6 Å². The van der Waals surface area contributed by atoms with Crippen LogP contribution in [0.1, 0.15) is 28.8 Å². The van der Waals surface area contributed by atoms with E-state index in [1.807, 2.05) is 6.07 Å². The van der Waals surface area contributed by atoms with E-state index in [2.05, 4.69) is 29.6 Å². The lowest BCUT2D eigenvalue weighted by atomic mass is 9.74. The molecule has 1 aliphatic heterocycles. The second-order valence-electron chi connectivity index (χ2n) is 6.17. The molecule has 0 aliphatic carbocycles. The van der Waals surface area contributed by atoms with Crippen molar-refractivity contribution in [3.63, 3.8) is 0 Å². The van der Waals surface area contributed by atoms with E-state index in [-0.39, 0.29) is 11.3 Å². The molecule has 0 bridgehead atoms. The summed E-state index contributed by atoms with van der Waals surface area (Å²) < 4.78 is 10.7. The maximum atomic E-state index is 12.5. The first-order chi connectivity index (χ1) is 11.7. The lowest BCUT2D eigenvalue weighted by Crippen LogP contribution is -2.44. The van der Waals surface area contributed by atoms with Crippen LogP contribution in [0.25, 0.3) is 0 Å². The average molecular weight is 325 g/mol. The fourth-order valence-corrected chi connectivity index (χ4v) is 3.22. The van der Waals surface area contributed by atoms with Crippen LogP contribution in [-0.2, 0) is 10.2 Å². The average Bonchev–Trinajstić information content (AvgIpc) is 2.67. The van der Waals surface area contributed by atoms with Crippen molar-refractivity contribution in [3.8, 4) is 5.75 Å². The normalized spacial score (nSPS) is 16.4. The van der Waals surface area contributed by atoms with Gasteiger partial charge >= 0.3 is 0 Å². The Hall–Kier alpha value is -2.33. The highest BCUT2D eigenvalue weighted by atomic mass is 16.5. The summed E-state index contributed by atoms with van der Waals surface area (Å²) in [6.07, 6.45) is 1.83. The summed E-state index contributed by atoms with van der Waals surface area (Å²) in [6, 6.07) is 17.6. The maximum Gasteiger partial charge on any atom is 0.251 e. The minimum atomic E-state index is -0.0561. The van der Waals surface area contributed by atoms with Crippen LogP contribution in [0.3, 0.4) is 0 Å². The number of amides is 1. The fraction of sp³-hybridized carbons (Fsp3) is 0.350. The maximum absolute atomic E-state index is 12.5. The second-order valence-corrected chi connectivity index (χ2v) is 6.17. The largest absolute Gasteiger partial charge is 0.497 e. The van der Waals surface area contributed by atoms with E-state index in [0.717, 1.165) is 31.8 Å². The molecule has 126 valence electrons. The molecule has 2 aromatic carbocycles. The molecule has 1 N–H and O–H groups in total. The van der Waals surface area contributed by atoms with Crippen molar-refractivity contribution in [1.82, 2.24) is 5.32 Å². The Morgan fingerprint density at radius 3 is 2.38 bits per heavy atom. The second kappa shape index (κ2) is 7.49. The van der Waals surface area contributed by atoms with Gasteiger partial charge in [0.1, 0.15) is 5.75 Å². The highest BCUT2D eigenvalue weighted by molar-refractivity contribution is 5.94. The van der Waals surface area contributed by atoms with Gasteiger partial charge in [0.05, 0.1) is 7.11 Å². The van der Waals surface area contributed by atoms with Crippen LogP contribution in [0.5, 0.6) is 5.75 Å². The predicted octanol–water partition coefficient (Wildman–Crippen LogP) is 3.17. The Kier molecular flexibility index (Phi) is 5.16. The first kappa shape index (κ1) is 16.5. The molecule has 0 radical (unpaired) electrons. The number of hydrogen-bond acceptors (Lipinski definition) is 3. The molecule has 0 unspecified atom stereocenters. The van der Waals surface area contributed by atoms with E-state index in [1.165, 1.54) is 5.56 Å². The van der Waals surface area contributed by atoms with Crippen molar-refractivity contribution in [2.75, 3.05) is 26.9 Å². The van der Waals surface area contributed by atoms with Gasteiger partial charge in [0.25, 0.3) is 5.91 Å². The summed E-state index contributed by atoms with van der Waals surface area (Å²) in [4.78, 5) is 12.5. The molecular formula is C20H23NO3. The zero-order chi connectivity index (χ0) is 16.8. The predicted molar refractivity (Wildman–Crippen MR) is 93.5 cm³/mol. The van der Waals surface area contributed by atoms with Gasteiger partial charge < -0.3 is 14.8 Å². The lowest BCUT2D eigenvalue weighted by Gasteiger charge is -2.38. The minimum Gasteiger partial charge on any atom is -0.497 e.